The van der Waals surface area contributed by atoms with Crippen LogP contribution in [-0.2, 0) is 16.1 Å². The van der Waals surface area contributed by atoms with Gasteiger partial charge in [-0.1, -0.05) is 40.5 Å². The van der Waals surface area contributed by atoms with Crippen molar-refractivity contribution < 1.29 is 9.53 Å². The monoisotopic (exact) mass is 333 g/mol. The third-order valence-electron chi connectivity index (χ3n) is 2.64. The Kier molecular flexibility index (Phi) is 6.12. The van der Waals surface area contributed by atoms with Crippen molar-refractivity contribution in [1.82, 2.24) is 4.90 Å². The Morgan fingerprint density at radius 3 is 2.78 bits per heavy atom. The first kappa shape index (κ1) is 15.5. The number of rotatable bonds is 5. The molecule has 0 amide bonds. The molecule has 0 bridgehead atoms. The summed E-state index contributed by atoms with van der Waals surface area (Å²) in [5, 5.41) is 0.724. The minimum Gasteiger partial charge on any atom is -0.469 e. The van der Waals surface area contributed by atoms with Gasteiger partial charge in [-0.2, -0.15) is 0 Å². The van der Waals surface area contributed by atoms with Crippen LogP contribution in [0.1, 0.15) is 12.5 Å². The number of carbonyl (C=O) groups is 1. The second kappa shape index (κ2) is 7.12. The molecule has 0 N–H and O–H groups in total. The summed E-state index contributed by atoms with van der Waals surface area (Å²) in [6.07, 6.45) is 0. The van der Waals surface area contributed by atoms with Crippen molar-refractivity contribution in [3.8, 4) is 0 Å². The average Bonchev–Trinajstić information content (AvgIpc) is 2.31. The molecule has 1 aromatic carbocycles. The zero-order valence-electron chi connectivity index (χ0n) is 10.7. The second-order valence-corrected chi connectivity index (χ2v) is 5.68. The molecule has 5 heteroatoms. The van der Waals surface area contributed by atoms with Gasteiger partial charge in [0.05, 0.1) is 13.0 Å². The maximum absolute atomic E-state index is 11.3. The first-order valence-electron chi connectivity index (χ1n) is 5.64. The molecule has 0 radical (unpaired) electrons. The summed E-state index contributed by atoms with van der Waals surface area (Å²) in [6, 6.07) is 5.80. The van der Waals surface area contributed by atoms with Crippen LogP contribution in [0.5, 0.6) is 0 Å². The molecule has 0 heterocycles. The Hall–Kier alpha value is -0.580. The summed E-state index contributed by atoms with van der Waals surface area (Å²) in [5.74, 6) is -0.335. The molecule has 0 fully saturated rings. The zero-order chi connectivity index (χ0) is 13.7. The summed E-state index contributed by atoms with van der Waals surface area (Å²) >= 11 is 9.52. The molecule has 18 heavy (non-hydrogen) atoms. The van der Waals surface area contributed by atoms with Crippen LogP contribution in [0.4, 0.5) is 0 Å². The highest BCUT2D eigenvalue weighted by Crippen LogP contribution is 2.22. The molecule has 0 aliphatic heterocycles. The molecular formula is C13H17BrClNO2. The third-order valence-corrected chi connectivity index (χ3v) is 3.49. The Balaban J connectivity index is 2.59. The number of esters is 1. The van der Waals surface area contributed by atoms with Crippen LogP contribution in [0.3, 0.4) is 0 Å². The molecule has 0 aliphatic rings. The van der Waals surface area contributed by atoms with E-state index in [2.05, 4.69) is 20.8 Å². The van der Waals surface area contributed by atoms with Gasteiger partial charge in [0.1, 0.15) is 0 Å². The number of hydrogen-bond donors (Lipinski definition) is 0. The van der Waals surface area contributed by atoms with E-state index < -0.39 is 0 Å². The smallest absolute Gasteiger partial charge is 0.309 e. The summed E-state index contributed by atoms with van der Waals surface area (Å²) in [7, 11) is 3.36. The molecule has 0 saturated heterocycles. The van der Waals surface area contributed by atoms with Crippen molar-refractivity contribution in [2.24, 2.45) is 5.92 Å². The van der Waals surface area contributed by atoms with Crippen molar-refractivity contribution in [3.63, 3.8) is 0 Å². The molecule has 0 aromatic heterocycles. The van der Waals surface area contributed by atoms with E-state index in [1.165, 1.54) is 7.11 Å². The molecule has 0 aliphatic carbocycles. The number of hydrogen-bond acceptors (Lipinski definition) is 3. The van der Waals surface area contributed by atoms with Crippen LogP contribution in [0, 0.1) is 5.92 Å². The van der Waals surface area contributed by atoms with Crippen LogP contribution >= 0.6 is 27.5 Å². The van der Waals surface area contributed by atoms with Gasteiger partial charge in [0, 0.05) is 22.6 Å². The molecule has 3 nitrogen and oxygen atoms in total. The van der Waals surface area contributed by atoms with E-state index in [1.807, 2.05) is 32.2 Å². The minimum absolute atomic E-state index is 0.144. The van der Waals surface area contributed by atoms with Crippen molar-refractivity contribution in [2.45, 2.75) is 13.5 Å². The summed E-state index contributed by atoms with van der Waals surface area (Å²) in [6.45, 7) is 3.19. The van der Waals surface area contributed by atoms with Gasteiger partial charge in [0.15, 0.2) is 0 Å². The lowest BCUT2D eigenvalue weighted by Crippen LogP contribution is -2.29. The van der Waals surface area contributed by atoms with Gasteiger partial charge >= 0.3 is 5.97 Å². The highest BCUT2D eigenvalue weighted by atomic mass is 79.9. The number of ether oxygens (including phenoxy) is 1. The highest BCUT2D eigenvalue weighted by Gasteiger charge is 2.16. The molecule has 1 atom stereocenters. The van der Waals surface area contributed by atoms with Gasteiger partial charge < -0.3 is 9.64 Å². The number of nitrogens with zero attached hydrogens (tertiary/aromatic N) is 1. The fourth-order valence-corrected chi connectivity index (χ4v) is 2.48. The number of halogens is 2. The normalized spacial score (nSPS) is 12.6. The van der Waals surface area contributed by atoms with E-state index in [9.17, 15) is 4.79 Å². The van der Waals surface area contributed by atoms with E-state index >= 15 is 0 Å². The lowest BCUT2D eigenvalue weighted by Gasteiger charge is -2.20. The first-order valence-corrected chi connectivity index (χ1v) is 6.81. The first-order chi connectivity index (χ1) is 8.43. The lowest BCUT2D eigenvalue weighted by molar-refractivity contribution is -0.145. The van der Waals surface area contributed by atoms with Gasteiger partial charge in [-0.15, -0.1) is 0 Å². The molecule has 100 valence electrons. The quantitative estimate of drug-likeness (QED) is 0.774. The number of carbonyl (C=O) groups excluding carboxylic acids is 1. The van der Waals surface area contributed by atoms with Crippen molar-refractivity contribution in [3.05, 3.63) is 33.3 Å². The summed E-state index contributed by atoms with van der Waals surface area (Å²) < 4.78 is 5.66. The fraction of sp³-hybridized carbons (Fsp3) is 0.462. The van der Waals surface area contributed by atoms with Crippen LogP contribution in [0.15, 0.2) is 22.7 Å². The molecule has 0 spiro atoms. The fourth-order valence-electron chi connectivity index (χ4n) is 1.75. The largest absolute Gasteiger partial charge is 0.469 e. The summed E-state index contributed by atoms with van der Waals surface area (Å²) in [4.78, 5) is 13.4. The number of methoxy groups -OCH3 is 1. The SMILES string of the molecule is COC(=O)C(C)CN(C)Cc1ccc(Br)cc1Cl. The summed E-state index contributed by atoms with van der Waals surface area (Å²) in [5.41, 5.74) is 1.04. The Labute approximate surface area is 121 Å². The molecule has 1 aromatic rings. The topological polar surface area (TPSA) is 29.5 Å². The van der Waals surface area contributed by atoms with E-state index in [-0.39, 0.29) is 11.9 Å². The molecular weight excluding hydrogens is 318 g/mol. The van der Waals surface area contributed by atoms with Crippen LogP contribution < -0.4 is 0 Å². The van der Waals surface area contributed by atoms with Crippen LogP contribution in [0.25, 0.3) is 0 Å². The predicted molar refractivity (Wildman–Crippen MR) is 76.7 cm³/mol. The predicted octanol–water partition coefficient (Wildman–Crippen LogP) is 3.34. The van der Waals surface area contributed by atoms with Crippen LogP contribution in [-0.4, -0.2) is 31.6 Å². The Morgan fingerprint density at radius 1 is 1.56 bits per heavy atom. The van der Waals surface area contributed by atoms with Gasteiger partial charge in [-0.25, -0.2) is 0 Å². The highest BCUT2D eigenvalue weighted by molar-refractivity contribution is 9.10. The van der Waals surface area contributed by atoms with E-state index in [1.54, 1.807) is 0 Å². The molecule has 1 unspecified atom stereocenters. The van der Waals surface area contributed by atoms with E-state index in [4.69, 9.17) is 16.3 Å². The van der Waals surface area contributed by atoms with E-state index in [0.717, 1.165) is 15.1 Å². The van der Waals surface area contributed by atoms with Crippen molar-refractivity contribution in [2.75, 3.05) is 20.7 Å². The van der Waals surface area contributed by atoms with Gasteiger partial charge in [-0.3, -0.25) is 4.79 Å². The van der Waals surface area contributed by atoms with Gasteiger partial charge in [0.25, 0.3) is 0 Å². The van der Waals surface area contributed by atoms with Gasteiger partial charge in [0.2, 0.25) is 0 Å². The second-order valence-electron chi connectivity index (χ2n) is 4.36. The number of benzene rings is 1. The van der Waals surface area contributed by atoms with E-state index in [0.29, 0.717) is 13.1 Å². The maximum atomic E-state index is 11.3. The third kappa shape index (κ3) is 4.59. The standard InChI is InChI=1S/C13H17BrClNO2/c1-9(13(17)18-3)7-16(2)8-10-4-5-11(14)6-12(10)15/h4-6,9H,7-8H2,1-3H3. The molecule has 1 rings (SSSR count). The lowest BCUT2D eigenvalue weighted by atomic mass is 10.1. The van der Waals surface area contributed by atoms with Gasteiger partial charge in [-0.05, 0) is 24.7 Å². The Morgan fingerprint density at radius 2 is 2.22 bits per heavy atom. The van der Waals surface area contributed by atoms with Crippen LogP contribution in [0.2, 0.25) is 5.02 Å². The van der Waals surface area contributed by atoms with Crippen molar-refractivity contribution >= 4 is 33.5 Å². The van der Waals surface area contributed by atoms with Crippen molar-refractivity contribution in [1.29, 1.82) is 0 Å². The Bertz CT molecular complexity index is 425. The molecule has 0 saturated carbocycles. The average molecular weight is 335 g/mol. The minimum atomic E-state index is -0.191. The maximum Gasteiger partial charge on any atom is 0.309 e. The zero-order valence-corrected chi connectivity index (χ0v) is 13.1.